The van der Waals surface area contributed by atoms with Crippen molar-refractivity contribution in [1.29, 1.82) is 0 Å². The van der Waals surface area contributed by atoms with Gasteiger partial charge in [-0.1, -0.05) is 29.3 Å². The van der Waals surface area contributed by atoms with Gasteiger partial charge in [-0.05, 0) is 100 Å². The number of hydrogen-bond donors (Lipinski definition) is 1. The largest absolute Gasteiger partial charge is 0.494 e. The van der Waals surface area contributed by atoms with Gasteiger partial charge in [0.1, 0.15) is 18.3 Å². The van der Waals surface area contributed by atoms with Gasteiger partial charge in [0.05, 0.1) is 17.2 Å². The van der Waals surface area contributed by atoms with Crippen molar-refractivity contribution in [2.75, 3.05) is 23.7 Å². The lowest BCUT2D eigenvalue weighted by atomic mass is 10.1. The molecule has 0 fully saturated rings. The molecule has 226 valence electrons. The van der Waals surface area contributed by atoms with Crippen LogP contribution in [-0.2, 0) is 26.2 Å². The van der Waals surface area contributed by atoms with Crippen molar-refractivity contribution >= 4 is 62.5 Å². The fourth-order valence-corrected chi connectivity index (χ4v) is 6.39. The maximum absolute atomic E-state index is 14.0. The first kappa shape index (κ1) is 33.6. The van der Waals surface area contributed by atoms with E-state index in [2.05, 4.69) is 5.32 Å². The molecule has 0 spiro atoms. The number of hydrogen-bond acceptors (Lipinski definition) is 6. The van der Waals surface area contributed by atoms with Crippen molar-refractivity contribution in [1.82, 2.24) is 10.2 Å². The summed E-state index contributed by atoms with van der Waals surface area (Å²) >= 11 is 14.0. The molecule has 0 unspecified atom stereocenters. The molecule has 0 bridgehead atoms. The van der Waals surface area contributed by atoms with E-state index in [0.29, 0.717) is 28.0 Å². The first-order valence-corrected chi connectivity index (χ1v) is 16.7. The van der Waals surface area contributed by atoms with Crippen LogP contribution >= 0.6 is 35.0 Å². The number of benzene rings is 3. The monoisotopic (exact) mass is 651 g/mol. The maximum Gasteiger partial charge on any atom is 0.264 e. The van der Waals surface area contributed by atoms with E-state index in [0.717, 1.165) is 9.20 Å². The van der Waals surface area contributed by atoms with Crippen LogP contribution in [0.1, 0.15) is 33.3 Å². The quantitative estimate of drug-likeness (QED) is 0.220. The van der Waals surface area contributed by atoms with E-state index in [-0.39, 0.29) is 29.1 Å². The molecular formula is C30H35Cl2N3O5S2. The molecule has 3 rings (SSSR count). The zero-order chi connectivity index (χ0) is 31.0. The van der Waals surface area contributed by atoms with Crippen molar-refractivity contribution in [3.8, 4) is 5.75 Å². The summed E-state index contributed by atoms with van der Waals surface area (Å²) < 4.78 is 34.6. The van der Waals surface area contributed by atoms with Crippen molar-refractivity contribution in [2.45, 2.75) is 56.1 Å². The average Bonchev–Trinajstić information content (AvgIpc) is 2.95. The van der Waals surface area contributed by atoms with Crippen molar-refractivity contribution in [2.24, 2.45) is 0 Å². The number of rotatable bonds is 13. The van der Waals surface area contributed by atoms with Crippen LogP contribution in [0, 0.1) is 0 Å². The Hall–Kier alpha value is -2.92. The van der Waals surface area contributed by atoms with Gasteiger partial charge in [0, 0.05) is 27.5 Å². The average molecular weight is 653 g/mol. The molecule has 3 aromatic rings. The Balaban J connectivity index is 2.06. The Kier molecular flexibility index (Phi) is 12.0. The topological polar surface area (TPSA) is 96.0 Å². The molecule has 0 aliphatic carbocycles. The maximum atomic E-state index is 14.0. The standard InChI is InChI=1S/C30H35Cl2N3O5S2/c1-6-40-25-11-9-24(10-12-25)35(42(38,39)27-15-13-26(41-5)14-16-27)19-29(36)34(21(4)30(37)33-20(2)3)18-22-7-8-23(31)17-28(22)32/h7-17,20-21H,6,18-19H2,1-5H3,(H,33,37)/t21-/m0/s1. The van der Waals surface area contributed by atoms with Crippen LogP contribution in [0.15, 0.2) is 76.5 Å². The van der Waals surface area contributed by atoms with Gasteiger partial charge >= 0.3 is 0 Å². The number of nitrogens with zero attached hydrogens (tertiary/aromatic N) is 2. The van der Waals surface area contributed by atoms with Crippen LogP contribution in [0.4, 0.5) is 5.69 Å². The molecule has 0 radical (unpaired) electrons. The summed E-state index contributed by atoms with van der Waals surface area (Å²) in [6, 6.07) is 16.7. The molecule has 0 heterocycles. The van der Waals surface area contributed by atoms with Crippen molar-refractivity contribution < 1.29 is 22.7 Å². The fourth-order valence-electron chi connectivity index (χ4n) is 4.10. The molecule has 8 nitrogen and oxygen atoms in total. The second kappa shape index (κ2) is 15.0. The van der Waals surface area contributed by atoms with Gasteiger partial charge in [-0.25, -0.2) is 8.42 Å². The SMILES string of the molecule is CCOc1ccc(N(CC(=O)N(Cc2ccc(Cl)cc2Cl)[C@@H](C)C(=O)NC(C)C)S(=O)(=O)c2ccc(SC)cc2)cc1. The minimum absolute atomic E-state index is 0.0277. The number of sulfonamides is 1. The third-order valence-corrected chi connectivity index (χ3v) is 9.43. The number of amides is 2. The van der Waals surface area contributed by atoms with E-state index in [1.54, 1.807) is 61.5 Å². The third kappa shape index (κ3) is 8.56. The second-order valence-corrected chi connectivity index (χ2v) is 13.3. The van der Waals surface area contributed by atoms with E-state index in [1.165, 1.54) is 28.8 Å². The number of carbonyl (C=O) groups is 2. The predicted molar refractivity (Wildman–Crippen MR) is 170 cm³/mol. The highest BCUT2D eigenvalue weighted by atomic mass is 35.5. The summed E-state index contributed by atoms with van der Waals surface area (Å²) in [5.41, 5.74) is 0.825. The molecule has 12 heteroatoms. The van der Waals surface area contributed by atoms with Gasteiger partial charge in [-0.2, -0.15) is 0 Å². The zero-order valence-corrected chi connectivity index (χ0v) is 27.3. The normalized spacial score (nSPS) is 12.1. The number of anilines is 1. The van der Waals surface area contributed by atoms with E-state index < -0.39 is 28.5 Å². The van der Waals surface area contributed by atoms with E-state index in [4.69, 9.17) is 27.9 Å². The molecule has 0 saturated heterocycles. The summed E-state index contributed by atoms with van der Waals surface area (Å²) in [5.74, 6) is -0.413. The Labute approximate surface area is 262 Å². The van der Waals surface area contributed by atoms with Gasteiger partial charge in [0.2, 0.25) is 11.8 Å². The minimum Gasteiger partial charge on any atom is -0.494 e. The van der Waals surface area contributed by atoms with Gasteiger partial charge in [-0.3, -0.25) is 13.9 Å². The van der Waals surface area contributed by atoms with Crippen molar-refractivity contribution in [3.05, 3.63) is 82.3 Å². The molecule has 1 atom stereocenters. The minimum atomic E-state index is -4.19. The second-order valence-electron chi connectivity index (χ2n) is 9.71. The number of thioether (sulfide) groups is 1. The molecule has 2 amide bonds. The van der Waals surface area contributed by atoms with E-state index >= 15 is 0 Å². The number of carbonyl (C=O) groups excluding carboxylic acids is 2. The third-order valence-electron chi connectivity index (χ3n) is 6.32. The van der Waals surface area contributed by atoms with Crippen LogP contribution in [0.5, 0.6) is 5.75 Å². The lowest BCUT2D eigenvalue weighted by Crippen LogP contribution is -2.52. The molecule has 0 aromatic heterocycles. The highest BCUT2D eigenvalue weighted by Gasteiger charge is 2.33. The van der Waals surface area contributed by atoms with Crippen LogP contribution < -0.4 is 14.4 Å². The van der Waals surface area contributed by atoms with Crippen molar-refractivity contribution in [3.63, 3.8) is 0 Å². The summed E-state index contributed by atoms with van der Waals surface area (Å²) in [4.78, 5) is 29.3. The molecule has 3 aromatic carbocycles. The van der Waals surface area contributed by atoms with Crippen LogP contribution in [0.3, 0.4) is 0 Å². The molecule has 0 aliphatic rings. The summed E-state index contributed by atoms with van der Waals surface area (Å²) in [6.45, 7) is 6.91. The van der Waals surface area contributed by atoms with Gasteiger partial charge in [-0.15, -0.1) is 11.8 Å². The Bertz CT molecular complexity index is 1480. The molecule has 0 saturated carbocycles. The Morgan fingerprint density at radius 1 is 0.976 bits per heavy atom. The van der Waals surface area contributed by atoms with Gasteiger partial charge < -0.3 is 15.0 Å². The van der Waals surface area contributed by atoms with E-state index in [9.17, 15) is 18.0 Å². The van der Waals surface area contributed by atoms with Crippen LogP contribution in [-0.4, -0.2) is 56.6 Å². The van der Waals surface area contributed by atoms with E-state index in [1.807, 2.05) is 27.0 Å². The van der Waals surface area contributed by atoms with Crippen LogP contribution in [0.2, 0.25) is 10.0 Å². The summed E-state index contributed by atoms with van der Waals surface area (Å²) in [6.07, 6.45) is 1.90. The highest BCUT2D eigenvalue weighted by molar-refractivity contribution is 7.98. The molecule has 42 heavy (non-hydrogen) atoms. The van der Waals surface area contributed by atoms with Gasteiger partial charge in [0.25, 0.3) is 10.0 Å². The smallest absolute Gasteiger partial charge is 0.264 e. The fraction of sp³-hybridized carbons (Fsp3) is 0.333. The molecular weight excluding hydrogens is 617 g/mol. The van der Waals surface area contributed by atoms with Gasteiger partial charge in [0.15, 0.2) is 0 Å². The first-order chi connectivity index (χ1) is 19.9. The lowest BCUT2D eigenvalue weighted by Gasteiger charge is -2.32. The zero-order valence-electron chi connectivity index (χ0n) is 24.1. The Morgan fingerprint density at radius 3 is 2.17 bits per heavy atom. The highest BCUT2D eigenvalue weighted by Crippen LogP contribution is 2.29. The first-order valence-electron chi connectivity index (χ1n) is 13.3. The molecule has 0 aliphatic heterocycles. The summed E-state index contributed by atoms with van der Waals surface area (Å²) in [7, 11) is -4.19. The van der Waals surface area contributed by atoms with Crippen LogP contribution in [0.25, 0.3) is 0 Å². The number of ether oxygens (including phenoxy) is 1. The number of halogens is 2. The lowest BCUT2D eigenvalue weighted by molar-refractivity contribution is -0.139. The Morgan fingerprint density at radius 2 is 1.62 bits per heavy atom. The summed E-state index contributed by atoms with van der Waals surface area (Å²) in [5, 5.41) is 3.57. The predicted octanol–water partition coefficient (Wildman–Crippen LogP) is 6.25. The molecule has 1 N–H and O–H groups in total. The number of nitrogens with one attached hydrogen (secondary N) is 1.